The van der Waals surface area contributed by atoms with E-state index in [1.54, 1.807) is 19.1 Å². The molecular weight excluding hydrogens is 359 g/mol. The summed E-state index contributed by atoms with van der Waals surface area (Å²) in [7, 11) is 0. The van der Waals surface area contributed by atoms with Crippen molar-refractivity contribution in [1.29, 1.82) is 0 Å². The van der Waals surface area contributed by atoms with Crippen LogP contribution in [0.4, 0.5) is 24.5 Å². The van der Waals surface area contributed by atoms with Crippen LogP contribution in [0.5, 0.6) is 0 Å². The van der Waals surface area contributed by atoms with Crippen LogP contribution in [0.15, 0.2) is 59.8 Å². The van der Waals surface area contributed by atoms with Crippen molar-refractivity contribution in [2.24, 2.45) is 5.92 Å². The number of nitrogens with zero attached hydrogens (tertiary/aromatic N) is 1. The Morgan fingerprint density at radius 2 is 1.57 bits per heavy atom. The minimum absolute atomic E-state index is 0.197. The van der Waals surface area contributed by atoms with E-state index in [9.17, 15) is 8.78 Å². The lowest BCUT2D eigenvalue weighted by Gasteiger charge is -2.36. The molecule has 148 valence electrons. The van der Waals surface area contributed by atoms with Crippen molar-refractivity contribution >= 4 is 11.4 Å². The topological polar surface area (TPSA) is 3.24 Å². The van der Waals surface area contributed by atoms with Crippen molar-refractivity contribution in [2.45, 2.75) is 46.7 Å². The van der Waals surface area contributed by atoms with Crippen molar-refractivity contribution in [1.82, 2.24) is 0 Å². The van der Waals surface area contributed by atoms with Gasteiger partial charge in [-0.15, -0.1) is 0 Å². The van der Waals surface area contributed by atoms with E-state index in [-0.39, 0.29) is 11.6 Å². The molecule has 0 fully saturated rings. The van der Waals surface area contributed by atoms with E-state index >= 15 is 4.39 Å². The third kappa shape index (κ3) is 3.73. The number of anilines is 2. The molecule has 0 aliphatic heterocycles. The lowest BCUT2D eigenvalue weighted by molar-refractivity contribution is 0.188. The average Bonchev–Trinajstić information content (AvgIpc) is 2.61. The largest absolute Gasteiger partial charge is 0.305 e. The van der Waals surface area contributed by atoms with Crippen LogP contribution in [0.1, 0.15) is 38.3 Å². The maximum Gasteiger partial charge on any atom is 0.150 e. The summed E-state index contributed by atoms with van der Waals surface area (Å²) in [5, 5.41) is 0. The minimum Gasteiger partial charge on any atom is -0.305 e. The first-order valence-electron chi connectivity index (χ1n) is 9.58. The van der Waals surface area contributed by atoms with E-state index in [1.807, 2.05) is 39.0 Å². The standard InChI is InChI=1S/C24H26F3N/c1-6-18-13-20(14-24(5,27)17(18)4)28(19-9-7-15(2)8-10-19)23-21(25)11-16(3)12-22(23)26/h7-14,17H,6H2,1-5H3. The summed E-state index contributed by atoms with van der Waals surface area (Å²) in [4.78, 5) is 1.48. The Balaban J connectivity index is 2.27. The first kappa shape index (κ1) is 20.2. The molecule has 0 N–H and O–H groups in total. The Kier molecular flexibility index (Phi) is 5.42. The number of allylic oxidation sites excluding steroid dienone is 3. The highest BCUT2D eigenvalue weighted by molar-refractivity contribution is 5.72. The van der Waals surface area contributed by atoms with Gasteiger partial charge in [-0.3, -0.25) is 0 Å². The van der Waals surface area contributed by atoms with Crippen LogP contribution >= 0.6 is 0 Å². The highest BCUT2D eigenvalue weighted by Crippen LogP contribution is 2.42. The first-order valence-corrected chi connectivity index (χ1v) is 9.58. The third-order valence-electron chi connectivity index (χ3n) is 5.51. The molecule has 0 spiro atoms. The molecule has 1 nitrogen and oxygen atoms in total. The normalized spacial score (nSPS) is 21.9. The molecule has 0 aromatic heterocycles. The van der Waals surface area contributed by atoms with Gasteiger partial charge >= 0.3 is 0 Å². The SMILES string of the molecule is CCC1=CC(N(c2ccc(C)cc2)c2c(F)cc(C)cc2F)=CC(C)(F)C1C. The van der Waals surface area contributed by atoms with Gasteiger partial charge < -0.3 is 4.90 Å². The maximum absolute atomic E-state index is 15.3. The van der Waals surface area contributed by atoms with Gasteiger partial charge in [0.25, 0.3) is 0 Å². The van der Waals surface area contributed by atoms with E-state index in [2.05, 4.69) is 0 Å². The minimum atomic E-state index is -1.62. The van der Waals surface area contributed by atoms with Gasteiger partial charge in [0.2, 0.25) is 0 Å². The fraction of sp³-hybridized carbons (Fsp3) is 0.333. The van der Waals surface area contributed by atoms with E-state index in [0.29, 0.717) is 23.4 Å². The molecule has 0 saturated carbocycles. The number of halogens is 3. The van der Waals surface area contributed by atoms with E-state index < -0.39 is 17.3 Å². The van der Waals surface area contributed by atoms with Crippen LogP contribution in [0.3, 0.4) is 0 Å². The highest BCUT2D eigenvalue weighted by atomic mass is 19.1. The zero-order valence-corrected chi connectivity index (χ0v) is 17.0. The molecule has 28 heavy (non-hydrogen) atoms. The monoisotopic (exact) mass is 385 g/mol. The van der Waals surface area contributed by atoms with Crippen molar-refractivity contribution in [3.8, 4) is 0 Å². The maximum atomic E-state index is 15.3. The van der Waals surface area contributed by atoms with Gasteiger partial charge in [0, 0.05) is 17.3 Å². The lowest BCUT2D eigenvalue weighted by Crippen LogP contribution is -2.33. The van der Waals surface area contributed by atoms with E-state index in [4.69, 9.17) is 0 Å². The van der Waals surface area contributed by atoms with E-state index in [1.165, 1.54) is 30.0 Å². The van der Waals surface area contributed by atoms with Crippen molar-refractivity contribution < 1.29 is 13.2 Å². The Hall–Kier alpha value is -2.49. The molecule has 2 atom stereocenters. The van der Waals surface area contributed by atoms with Crippen LogP contribution < -0.4 is 4.90 Å². The van der Waals surface area contributed by atoms with Gasteiger partial charge in [0.15, 0.2) is 0 Å². The molecule has 4 heteroatoms. The fourth-order valence-corrected chi connectivity index (χ4v) is 3.68. The summed E-state index contributed by atoms with van der Waals surface area (Å²) in [6.45, 7) is 8.89. The molecular formula is C24H26F3N. The summed E-state index contributed by atoms with van der Waals surface area (Å²) in [5.41, 5.74) is 1.64. The summed E-state index contributed by atoms with van der Waals surface area (Å²) >= 11 is 0. The van der Waals surface area contributed by atoms with Gasteiger partial charge in [-0.1, -0.05) is 37.1 Å². The molecule has 0 radical (unpaired) electrons. The van der Waals surface area contributed by atoms with Crippen LogP contribution in [-0.4, -0.2) is 5.67 Å². The van der Waals surface area contributed by atoms with Crippen LogP contribution in [0.25, 0.3) is 0 Å². The Bertz CT molecular complexity index is 916. The van der Waals surface area contributed by atoms with E-state index in [0.717, 1.165) is 11.1 Å². The highest BCUT2D eigenvalue weighted by Gasteiger charge is 2.36. The molecule has 3 rings (SSSR count). The molecule has 2 aromatic carbocycles. The number of rotatable bonds is 4. The van der Waals surface area contributed by atoms with Crippen LogP contribution in [0.2, 0.25) is 0 Å². The molecule has 0 bridgehead atoms. The van der Waals surface area contributed by atoms with Crippen LogP contribution in [-0.2, 0) is 0 Å². The molecule has 0 amide bonds. The Morgan fingerprint density at radius 1 is 1.00 bits per heavy atom. The quantitative estimate of drug-likeness (QED) is 0.533. The predicted molar refractivity (Wildman–Crippen MR) is 110 cm³/mol. The van der Waals surface area contributed by atoms with Crippen LogP contribution in [0, 0.1) is 31.4 Å². The molecule has 0 heterocycles. The second-order valence-corrected chi connectivity index (χ2v) is 7.76. The molecule has 1 aliphatic rings. The zero-order valence-electron chi connectivity index (χ0n) is 17.0. The summed E-state index contributed by atoms with van der Waals surface area (Å²) in [5.74, 6) is -1.65. The molecule has 2 aromatic rings. The number of aryl methyl sites for hydroxylation is 2. The van der Waals surface area contributed by atoms with Gasteiger partial charge in [0.1, 0.15) is 23.0 Å². The summed E-state index contributed by atoms with van der Waals surface area (Å²) in [6, 6.07) is 9.92. The summed E-state index contributed by atoms with van der Waals surface area (Å²) in [6.07, 6.45) is 3.98. The first-order chi connectivity index (χ1) is 13.1. The Morgan fingerprint density at radius 3 is 2.11 bits per heavy atom. The number of alkyl halides is 1. The predicted octanol–water partition coefficient (Wildman–Crippen LogP) is 7.32. The summed E-state index contributed by atoms with van der Waals surface area (Å²) < 4.78 is 45.2. The third-order valence-corrected chi connectivity index (χ3v) is 5.51. The number of hydrogen-bond acceptors (Lipinski definition) is 1. The number of benzene rings is 2. The second kappa shape index (κ2) is 7.50. The van der Waals surface area contributed by atoms with Crippen molar-refractivity contribution in [2.75, 3.05) is 4.90 Å². The molecule has 0 saturated heterocycles. The zero-order chi connectivity index (χ0) is 20.6. The van der Waals surface area contributed by atoms with Crippen molar-refractivity contribution in [3.63, 3.8) is 0 Å². The van der Waals surface area contributed by atoms with Gasteiger partial charge in [-0.2, -0.15) is 0 Å². The molecule has 1 aliphatic carbocycles. The van der Waals surface area contributed by atoms with Gasteiger partial charge in [0.05, 0.1) is 0 Å². The lowest BCUT2D eigenvalue weighted by atomic mass is 9.80. The Labute approximate surface area is 165 Å². The smallest absolute Gasteiger partial charge is 0.150 e. The molecule has 2 unspecified atom stereocenters. The fourth-order valence-electron chi connectivity index (χ4n) is 3.68. The second-order valence-electron chi connectivity index (χ2n) is 7.76. The van der Waals surface area contributed by atoms with Crippen molar-refractivity contribution in [3.05, 3.63) is 82.6 Å². The number of hydrogen-bond donors (Lipinski definition) is 0. The van der Waals surface area contributed by atoms with Gasteiger partial charge in [-0.05, 0) is 69.2 Å². The van der Waals surface area contributed by atoms with Gasteiger partial charge in [-0.25, -0.2) is 13.2 Å². The average molecular weight is 385 g/mol.